The van der Waals surface area contributed by atoms with Crippen LogP contribution >= 0.6 is 11.3 Å². The second-order valence-corrected chi connectivity index (χ2v) is 20.7. The van der Waals surface area contributed by atoms with Crippen LogP contribution in [0.3, 0.4) is 0 Å². The molecule has 2 aromatic heterocycles. The van der Waals surface area contributed by atoms with Crippen LogP contribution < -0.4 is 0 Å². The van der Waals surface area contributed by atoms with Crippen LogP contribution in [0.5, 0.6) is 0 Å². The summed E-state index contributed by atoms with van der Waals surface area (Å²) in [6.45, 7) is 11.4. The van der Waals surface area contributed by atoms with E-state index >= 15 is 0 Å². The van der Waals surface area contributed by atoms with Crippen LogP contribution in [0, 0.1) is 6.92 Å². The van der Waals surface area contributed by atoms with Crippen LogP contribution in [0.4, 0.5) is 13.2 Å². The summed E-state index contributed by atoms with van der Waals surface area (Å²) in [4.78, 5) is 13.8. The fraction of sp³-hybridized carbons (Fsp3) is 0.129. The predicted octanol–water partition coefficient (Wildman–Crippen LogP) is 17.8. The summed E-state index contributed by atoms with van der Waals surface area (Å²) in [5.41, 5.74) is 19.6. The lowest BCUT2D eigenvalue weighted by Crippen LogP contribution is -2.14. The molecule has 68 heavy (non-hydrogen) atoms. The Labute approximate surface area is 396 Å². The molecular weight excluding hydrogens is 862 g/mol. The van der Waals surface area contributed by atoms with Gasteiger partial charge in [0.1, 0.15) is 11.0 Å². The molecule has 0 saturated heterocycles. The Kier molecular flexibility index (Phi) is 8.59. The largest absolute Gasteiger partial charge is 0.416 e. The lowest BCUT2D eigenvalue weighted by atomic mass is 9.82. The Hall–Kier alpha value is -7.41. The van der Waals surface area contributed by atoms with E-state index in [4.69, 9.17) is 9.97 Å². The van der Waals surface area contributed by atoms with Crippen molar-refractivity contribution in [2.24, 2.45) is 0 Å². The molecule has 9 aromatic carbocycles. The predicted molar refractivity (Wildman–Crippen MR) is 277 cm³/mol. The summed E-state index contributed by atoms with van der Waals surface area (Å²) in [5.74, 6) is 0. The number of halogens is 3. The number of rotatable bonds is 4. The molecule has 328 valence electrons. The molecule has 0 N–H and O–H groups in total. The zero-order valence-corrected chi connectivity index (χ0v) is 38.9. The van der Waals surface area contributed by atoms with Crippen LogP contribution in [-0.4, -0.2) is 9.97 Å². The Morgan fingerprint density at radius 2 is 0.794 bits per heavy atom. The molecule has 2 nitrogen and oxygen atoms in total. The minimum Gasteiger partial charge on any atom is -0.242 e. The van der Waals surface area contributed by atoms with Crippen molar-refractivity contribution in [1.29, 1.82) is 0 Å². The number of benzene rings is 9. The third kappa shape index (κ3) is 5.83. The van der Waals surface area contributed by atoms with Gasteiger partial charge in [-0.15, -0.1) is 11.3 Å². The van der Waals surface area contributed by atoms with Gasteiger partial charge in [0.05, 0.1) is 26.4 Å². The molecule has 13 rings (SSSR count). The normalized spacial score (nSPS) is 14.4. The highest BCUT2D eigenvalue weighted by Gasteiger charge is 2.40. The van der Waals surface area contributed by atoms with E-state index in [2.05, 4.69) is 174 Å². The molecule has 11 aromatic rings. The average Bonchev–Trinajstić information content (AvgIpc) is 3.93. The van der Waals surface area contributed by atoms with Crippen molar-refractivity contribution in [3.63, 3.8) is 0 Å². The number of hydrogen-bond acceptors (Lipinski definition) is 3. The fourth-order valence-corrected chi connectivity index (χ4v) is 12.7. The van der Waals surface area contributed by atoms with Gasteiger partial charge in [-0.1, -0.05) is 179 Å². The van der Waals surface area contributed by atoms with Crippen molar-refractivity contribution in [1.82, 2.24) is 9.97 Å². The third-order valence-corrected chi connectivity index (χ3v) is 16.2. The van der Waals surface area contributed by atoms with E-state index < -0.39 is 11.7 Å². The number of alkyl halides is 3. The van der Waals surface area contributed by atoms with E-state index in [9.17, 15) is 13.2 Å². The molecule has 0 spiro atoms. The maximum absolute atomic E-state index is 13.7. The number of hydrogen-bond donors (Lipinski definition) is 0. The van der Waals surface area contributed by atoms with Crippen LogP contribution in [0.25, 0.3) is 109 Å². The third-order valence-electron chi connectivity index (χ3n) is 15.0. The summed E-state index contributed by atoms with van der Waals surface area (Å²) in [6.07, 6.45) is -4.42. The van der Waals surface area contributed by atoms with Gasteiger partial charge in [-0.25, -0.2) is 9.97 Å². The summed E-state index contributed by atoms with van der Waals surface area (Å²) < 4.78 is 41.1. The van der Waals surface area contributed by atoms with E-state index in [1.54, 1.807) is 23.5 Å². The molecule has 6 heteroatoms. The minimum atomic E-state index is -4.42. The van der Waals surface area contributed by atoms with Gasteiger partial charge in [-0.05, 0) is 109 Å². The van der Waals surface area contributed by atoms with Gasteiger partial charge in [0.15, 0.2) is 0 Å². The summed E-state index contributed by atoms with van der Waals surface area (Å²) >= 11 is 1.78. The van der Waals surface area contributed by atoms with Gasteiger partial charge in [0.25, 0.3) is 0 Å². The van der Waals surface area contributed by atoms with E-state index in [-0.39, 0.29) is 10.8 Å². The number of aryl methyl sites for hydroxylation is 1. The van der Waals surface area contributed by atoms with E-state index in [1.165, 1.54) is 50.1 Å². The number of nitrogens with zero attached hydrogens (tertiary/aromatic N) is 2. The Morgan fingerprint density at radius 1 is 0.397 bits per heavy atom. The molecule has 2 aliphatic rings. The lowest BCUT2D eigenvalue weighted by Gasteiger charge is -2.21. The highest BCUT2D eigenvalue weighted by Crippen LogP contribution is 2.58. The molecule has 0 saturated carbocycles. The monoisotopic (exact) mass is 904 g/mol. The van der Waals surface area contributed by atoms with Gasteiger partial charge in [0, 0.05) is 32.7 Å². The molecule has 0 fully saturated rings. The van der Waals surface area contributed by atoms with Gasteiger partial charge in [-0.3, -0.25) is 0 Å². The topological polar surface area (TPSA) is 25.8 Å². The zero-order valence-electron chi connectivity index (χ0n) is 38.1. The maximum Gasteiger partial charge on any atom is 0.416 e. The average molecular weight is 905 g/mol. The Morgan fingerprint density at radius 3 is 1.25 bits per heavy atom. The molecule has 0 atom stereocenters. The van der Waals surface area contributed by atoms with Gasteiger partial charge >= 0.3 is 6.18 Å². The highest BCUT2D eigenvalue weighted by molar-refractivity contribution is 7.21. The maximum atomic E-state index is 13.7. The first-order valence-corrected chi connectivity index (χ1v) is 23.9. The number of aromatic nitrogens is 2. The molecule has 2 aliphatic carbocycles. The van der Waals surface area contributed by atoms with Gasteiger partial charge in [0.2, 0.25) is 0 Å². The Bertz CT molecular complexity index is 3950. The van der Waals surface area contributed by atoms with E-state index in [0.29, 0.717) is 5.56 Å². The summed E-state index contributed by atoms with van der Waals surface area (Å²) in [5, 5.41) is 3.85. The molecule has 0 bridgehead atoms. The number of thiophene rings is 1. The first kappa shape index (κ1) is 40.8. The fourth-order valence-electron chi connectivity index (χ4n) is 11.5. The molecule has 0 unspecified atom stereocenters. The SMILES string of the molecule is Cc1ccc(-c2ccc3c(c2)c2cc(-c4ccc(C(F)(F)F)cc4)ccc2c2nc4c(-c5cccc6c5-c5ccccc5C6(C)C)sc(-c5cccc6c5-c5ccccc5C6(C)C)c4nc32)cc1. The van der Waals surface area contributed by atoms with E-state index in [0.717, 1.165) is 93.3 Å². The first-order chi connectivity index (χ1) is 32.8. The van der Waals surface area contributed by atoms with Crippen LogP contribution in [0.1, 0.15) is 61.1 Å². The van der Waals surface area contributed by atoms with Crippen molar-refractivity contribution in [2.45, 2.75) is 51.6 Å². The lowest BCUT2D eigenvalue weighted by molar-refractivity contribution is -0.137. The van der Waals surface area contributed by atoms with Crippen LogP contribution in [-0.2, 0) is 17.0 Å². The quantitative estimate of drug-likeness (QED) is 0.164. The highest BCUT2D eigenvalue weighted by atomic mass is 32.1. The molecular formula is C62H43F3N2S. The van der Waals surface area contributed by atoms with Gasteiger partial charge < -0.3 is 0 Å². The first-order valence-electron chi connectivity index (χ1n) is 23.1. The van der Waals surface area contributed by atoms with Gasteiger partial charge in [-0.2, -0.15) is 13.2 Å². The van der Waals surface area contributed by atoms with Crippen molar-refractivity contribution in [3.8, 4) is 65.4 Å². The van der Waals surface area contributed by atoms with Crippen LogP contribution in [0.2, 0.25) is 0 Å². The van der Waals surface area contributed by atoms with E-state index in [1.807, 2.05) is 6.07 Å². The van der Waals surface area contributed by atoms with Crippen molar-refractivity contribution < 1.29 is 13.2 Å². The molecule has 0 aliphatic heterocycles. The summed E-state index contributed by atoms with van der Waals surface area (Å²) in [7, 11) is 0. The molecule has 0 amide bonds. The standard InChI is InChI=1S/C62H43F3N2S/c1-34-20-22-35(23-21-34)37-26-30-40-46(32-37)47-33-38(36-24-28-39(29-25-36)62(63,64)65)27-31-41(47)55-54(40)66-56-57(67-55)59(45-15-11-19-51-53(45)43-13-7-9-17-49(43)61(51,4)5)68-58(56)44-14-10-18-50-52(44)42-12-6-8-16-48(42)60(50,2)3/h6-33H,1-5H3. The van der Waals surface area contributed by atoms with Crippen molar-refractivity contribution >= 4 is 54.9 Å². The zero-order chi connectivity index (χ0) is 46.4. The molecule has 2 heterocycles. The van der Waals surface area contributed by atoms with Crippen LogP contribution in [0.15, 0.2) is 170 Å². The van der Waals surface area contributed by atoms with Crippen molar-refractivity contribution in [3.05, 3.63) is 203 Å². The number of fused-ring (bicyclic) bond motifs is 13. The molecule has 0 radical (unpaired) electrons. The van der Waals surface area contributed by atoms with Crippen molar-refractivity contribution in [2.75, 3.05) is 0 Å². The minimum absolute atomic E-state index is 0.185. The second-order valence-electron chi connectivity index (χ2n) is 19.6. The second kappa shape index (κ2) is 14.3. The Balaban J connectivity index is 1.14. The summed E-state index contributed by atoms with van der Waals surface area (Å²) in [6, 6.07) is 57.8. The smallest absolute Gasteiger partial charge is 0.242 e.